The Hall–Kier alpha value is -2.59. The Kier molecular flexibility index (Phi) is 6.83. The lowest BCUT2D eigenvalue weighted by molar-refractivity contribution is -0.269. The van der Waals surface area contributed by atoms with Crippen molar-refractivity contribution in [3.05, 3.63) is 60.2 Å². The van der Waals surface area contributed by atoms with Crippen LogP contribution < -0.4 is 4.31 Å². The summed E-state index contributed by atoms with van der Waals surface area (Å²) in [6, 6.07) is 11.6. The number of halogens is 3. The van der Waals surface area contributed by atoms with Crippen LogP contribution in [-0.4, -0.2) is 37.3 Å². The van der Waals surface area contributed by atoms with Crippen molar-refractivity contribution in [1.29, 1.82) is 0 Å². The molecular weight excluding hydrogens is 423 g/mol. The molecule has 2 N–H and O–H groups in total. The summed E-state index contributed by atoms with van der Waals surface area (Å²) < 4.78 is 67.3. The normalized spacial score (nSPS) is 14.4. The first-order valence-corrected chi connectivity index (χ1v) is 10.4. The van der Waals surface area contributed by atoms with Gasteiger partial charge in [-0.05, 0) is 35.7 Å². The summed E-state index contributed by atoms with van der Waals surface area (Å²) in [5.74, 6) is -1.92. The number of sulfonamides is 1. The SMILES string of the molecule is CC(C)CN(c1ccc(C(O)(CC(=O)O)C(F)(F)F)cc1)S(=O)(=O)c1ccccc1. The van der Waals surface area contributed by atoms with Gasteiger partial charge in [-0.15, -0.1) is 0 Å². The fourth-order valence-electron chi connectivity index (χ4n) is 2.88. The maximum Gasteiger partial charge on any atom is 0.422 e. The first-order valence-electron chi connectivity index (χ1n) is 8.98. The summed E-state index contributed by atoms with van der Waals surface area (Å²) in [6.45, 7) is 3.64. The Labute approximate surface area is 172 Å². The zero-order valence-corrected chi connectivity index (χ0v) is 17.1. The van der Waals surface area contributed by atoms with Crippen molar-refractivity contribution >= 4 is 21.7 Å². The second-order valence-corrected chi connectivity index (χ2v) is 9.08. The number of carboxylic acids is 1. The van der Waals surface area contributed by atoms with E-state index in [1.54, 1.807) is 32.0 Å². The molecule has 0 fully saturated rings. The van der Waals surface area contributed by atoms with Crippen LogP contribution in [0.2, 0.25) is 0 Å². The van der Waals surface area contributed by atoms with Crippen LogP contribution in [0.5, 0.6) is 0 Å². The first-order chi connectivity index (χ1) is 13.8. The summed E-state index contributed by atoms with van der Waals surface area (Å²) in [5, 5.41) is 18.9. The van der Waals surface area contributed by atoms with Gasteiger partial charge in [0.1, 0.15) is 0 Å². The molecule has 0 saturated carbocycles. The number of hydrogen-bond acceptors (Lipinski definition) is 4. The molecule has 2 aromatic carbocycles. The topological polar surface area (TPSA) is 94.9 Å². The zero-order chi connectivity index (χ0) is 22.7. The Morgan fingerprint density at radius 3 is 2.00 bits per heavy atom. The van der Waals surface area contributed by atoms with Crippen molar-refractivity contribution in [3.8, 4) is 0 Å². The standard InChI is InChI=1S/C20H22F3NO5S/c1-14(2)13-24(30(28,29)17-6-4-3-5-7-17)16-10-8-15(9-11-16)19(27,12-18(25)26)20(21,22)23/h3-11,14,27H,12-13H2,1-2H3,(H,25,26). The van der Waals surface area contributed by atoms with Crippen molar-refractivity contribution in [2.45, 2.75) is 36.9 Å². The highest BCUT2D eigenvalue weighted by Gasteiger charge is 2.56. The molecule has 10 heteroatoms. The van der Waals surface area contributed by atoms with Gasteiger partial charge in [0.25, 0.3) is 10.0 Å². The Balaban J connectivity index is 2.52. The van der Waals surface area contributed by atoms with E-state index in [0.717, 1.165) is 28.6 Å². The number of aliphatic hydroxyl groups is 1. The molecule has 30 heavy (non-hydrogen) atoms. The van der Waals surface area contributed by atoms with Crippen molar-refractivity contribution in [1.82, 2.24) is 0 Å². The van der Waals surface area contributed by atoms with Gasteiger partial charge in [-0.25, -0.2) is 8.42 Å². The van der Waals surface area contributed by atoms with Gasteiger partial charge >= 0.3 is 12.1 Å². The molecule has 0 aliphatic rings. The summed E-state index contributed by atoms with van der Waals surface area (Å²) >= 11 is 0. The fourth-order valence-corrected chi connectivity index (χ4v) is 4.53. The Morgan fingerprint density at radius 2 is 1.57 bits per heavy atom. The molecule has 0 amide bonds. The first kappa shape index (κ1) is 23.7. The molecule has 2 aromatic rings. The van der Waals surface area contributed by atoms with Crippen LogP contribution in [0.15, 0.2) is 59.5 Å². The van der Waals surface area contributed by atoms with Gasteiger partial charge in [0, 0.05) is 6.54 Å². The number of aliphatic carboxylic acids is 1. The molecule has 2 rings (SSSR count). The second kappa shape index (κ2) is 8.65. The van der Waals surface area contributed by atoms with Gasteiger partial charge in [0.2, 0.25) is 0 Å². The second-order valence-electron chi connectivity index (χ2n) is 7.22. The van der Waals surface area contributed by atoms with Crippen molar-refractivity contribution in [2.24, 2.45) is 5.92 Å². The summed E-state index contributed by atoms with van der Waals surface area (Å²) in [4.78, 5) is 10.9. The molecule has 0 aliphatic heterocycles. The lowest BCUT2D eigenvalue weighted by atomic mass is 9.89. The van der Waals surface area contributed by atoms with E-state index in [1.165, 1.54) is 12.1 Å². The molecule has 0 saturated heterocycles. The van der Waals surface area contributed by atoms with Crippen LogP contribution in [0.3, 0.4) is 0 Å². The van der Waals surface area contributed by atoms with Gasteiger partial charge in [0.05, 0.1) is 17.0 Å². The van der Waals surface area contributed by atoms with E-state index >= 15 is 0 Å². The molecule has 0 aromatic heterocycles. The van der Waals surface area contributed by atoms with E-state index in [0.29, 0.717) is 0 Å². The van der Waals surface area contributed by atoms with Crippen LogP contribution in [0, 0.1) is 5.92 Å². The summed E-state index contributed by atoms with van der Waals surface area (Å²) in [5.41, 5.74) is -4.20. The highest BCUT2D eigenvalue weighted by atomic mass is 32.2. The zero-order valence-electron chi connectivity index (χ0n) is 16.3. The monoisotopic (exact) mass is 445 g/mol. The van der Waals surface area contributed by atoms with Gasteiger partial charge in [-0.3, -0.25) is 9.10 Å². The molecule has 6 nitrogen and oxygen atoms in total. The minimum Gasteiger partial charge on any atom is -0.481 e. The third-order valence-corrected chi connectivity index (χ3v) is 6.18. The van der Waals surface area contributed by atoms with Crippen molar-refractivity contribution in [2.75, 3.05) is 10.8 Å². The van der Waals surface area contributed by atoms with Gasteiger partial charge in [-0.1, -0.05) is 44.2 Å². The average molecular weight is 445 g/mol. The van der Waals surface area contributed by atoms with Gasteiger partial charge in [-0.2, -0.15) is 13.2 Å². The highest BCUT2D eigenvalue weighted by Crippen LogP contribution is 2.42. The highest BCUT2D eigenvalue weighted by molar-refractivity contribution is 7.92. The molecule has 1 unspecified atom stereocenters. The summed E-state index contributed by atoms with van der Waals surface area (Å²) in [6.07, 6.45) is -6.81. The number of carbonyl (C=O) groups is 1. The average Bonchev–Trinajstić information content (AvgIpc) is 2.65. The Bertz CT molecular complexity index is 976. The van der Waals surface area contributed by atoms with Gasteiger partial charge in [0.15, 0.2) is 5.60 Å². The van der Waals surface area contributed by atoms with Crippen molar-refractivity contribution < 1.29 is 36.6 Å². The lowest BCUT2D eigenvalue weighted by Gasteiger charge is -2.31. The number of benzene rings is 2. The molecule has 0 bridgehead atoms. The lowest BCUT2D eigenvalue weighted by Crippen LogP contribution is -2.44. The van der Waals surface area contributed by atoms with Crippen LogP contribution >= 0.6 is 0 Å². The molecule has 0 spiro atoms. The van der Waals surface area contributed by atoms with Crippen LogP contribution in [0.1, 0.15) is 25.8 Å². The van der Waals surface area contributed by atoms with Crippen LogP contribution in [0.25, 0.3) is 0 Å². The van der Waals surface area contributed by atoms with Gasteiger partial charge < -0.3 is 10.2 Å². The third-order valence-electron chi connectivity index (χ3n) is 4.37. The van der Waals surface area contributed by atoms with Crippen LogP contribution in [0.4, 0.5) is 18.9 Å². The Morgan fingerprint density at radius 1 is 1.03 bits per heavy atom. The largest absolute Gasteiger partial charge is 0.481 e. The van der Waals surface area contributed by atoms with E-state index in [2.05, 4.69) is 0 Å². The van der Waals surface area contributed by atoms with E-state index in [1.807, 2.05) is 0 Å². The number of anilines is 1. The fraction of sp³-hybridized carbons (Fsp3) is 0.350. The minimum absolute atomic E-state index is 0.0207. The maximum atomic E-state index is 13.4. The molecule has 1 atom stereocenters. The van der Waals surface area contributed by atoms with E-state index in [9.17, 15) is 31.5 Å². The molecule has 0 heterocycles. The van der Waals surface area contributed by atoms with Crippen molar-refractivity contribution in [3.63, 3.8) is 0 Å². The smallest absolute Gasteiger partial charge is 0.422 e. The molecular formula is C20H22F3NO5S. The predicted molar refractivity (Wildman–Crippen MR) is 104 cm³/mol. The van der Waals surface area contributed by atoms with E-state index < -0.39 is 39.8 Å². The third kappa shape index (κ3) is 4.93. The van der Waals surface area contributed by atoms with E-state index in [-0.39, 0.29) is 23.0 Å². The number of nitrogens with zero attached hydrogens (tertiary/aromatic N) is 1. The minimum atomic E-state index is -5.24. The number of alkyl halides is 3. The maximum absolute atomic E-state index is 13.4. The van der Waals surface area contributed by atoms with Crippen LogP contribution in [-0.2, 0) is 20.4 Å². The number of rotatable bonds is 8. The predicted octanol–water partition coefficient (Wildman–Crippen LogP) is 3.76. The molecule has 0 aliphatic carbocycles. The quantitative estimate of drug-likeness (QED) is 0.645. The number of hydrogen-bond donors (Lipinski definition) is 2. The molecule has 164 valence electrons. The van der Waals surface area contributed by atoms with E-state index in [4.69, 9.17) is 5.11 Å². The summed E-state index contributed by atoms with van der Waals surface area (Å²) in [7, 11) is -3.99. The molecule has 0 radical (unpaired) electrons. The number of carboxylic acid groups (broad SMARTS) is 1.